The van der Waals surface area contributed by atoms with Crippen LogP contribution in [0.3, 0.4) is 0 Å². The summed E-state index contributed by atoms with van der Waals surface area (Å²) in [5.74, 6) is 0.952. The van der Waals surface area contributed by atoms with E-state index in [1.807, 2.05) is 12.1 Å². The normalized spacial score (nSPS) is 10.4. The van der Waals surface area contributed by atoms with Crippen LogP contribution in [0.15, 0.2) is 59.1 Å². The molecule has 8 heteroatoms. The SMILES string of the molecule is COC(=O)N(C)c1ccc(NC(=O)CCc2ncc(-c3ccc(Cl)cc3)o2)cc1. The number of aryl methyl sites for hydroxylation is 1. The third kappa shape index (κ3) is 5.36. The van der Waals surface area contributed by atoms with Crippen LogP contribution in [0.4, 0.5) is 16.2 Å². The fourth-order valence-electron chi connectivity index (χ4n) is 2.63. The first-order valence-electron chi connectivity index (χ1n) is 8.88. The van der Waals surface area contributed by atoms with Crippen molar-refractivity contribution in [2.75, 3.05) is 24.4 Å². The third-order valence-corrected chi connectivity index (χ3v) is 4.49. The van der Waals surface area contributed by atoms with Gasteiger partial charge in [-0.15, -0.1) is 0 Å². The molecule has 0 aliphatic rings. The van der Waals surface area contributed by atoms with Gasteiger partial charge in [-0.25, -0.2) is 9.78 Å². The molecule has 2 amide bonds. The van der Waals surface area contributed by atoms with E-state index in [4.69, 9.17) is 16.0 Å². The highest BCUT2D eigenvalue weighted by Gasteiger charge is 2.12. The first-order valence-corrected chi connectivity index (χ1v) is 9.26. The van der Waals surface area contributed by atoms with E-state index in [9.17, 15) is 9.59 Å². The van der Waals surface area contributed by atoms with E-state index in [1.165, 1.54) is 12.0 Å². The van der Waals surface area contributed by atoms with Gasteiger partial charge < -0.3 is 14.5 Å². The molecular formula is C21H20ClN3O4. The number of anilines is 2. The molecule has 0 radical (unpaired) electrons. The van der Waals surface area contributed by atoms with E-state index in [-0.39, 0.29) is 12.3 Å². The van der Waals surface area contributed by atoms with Crippen molar-refractivity contribution >= 4 is 35.0 Å². The lowest BCUT2D eigenvalue weighted by Gasteiger charge is -2.15. The highest BCUT2D eigenvalue weighted by atomic mass is 35.5. The predicted molar refractivity (Wildman–Crippen MR) is 111 cm³/mol. The number of carbonyl (C=O) groups excluding carboxylic acids is 2. The quantitative estimate of drug-likeness (QED) is 0.629. The summed E-state index contributed by atoms with van der Waals surface area (Å²) >= 11 is 5.89. The molecule has 0 saturated carbocycles. The van der Waals surface area contributed by atoms with Crippen LogP contribution in [0.5, 0.6) is 0 Å². The summed E-state index contributed by atoms with van der Waals surface area (Å²) in [4.78, 5) is 29.3. The van der Waals surface area contributed by atoms with Crippen LogP contribution in [0.25, 0.3) is 11.3 Å². The molecule has 2 aromatic carbocycles. The van der Waals surface area contributed by atoms with Gasteiger partial charge in [-0.2, -0.15) is 0 Å². The zero-order valence-electron chi connectivity index (χ0n) is 16.0. The van der Waals surface area contributed by atoms with Crippen LogP contribution >= 0.6 is 11.6 Å². The Morgan fingerprint density at radius 1 is 1.14 bits per heavy atom. The second kappa shape index (κ2) is 9.25. The molecule has 1 heterocycles. The molecule has 0 aliphatic heterocycles. The molecular weight excluding hydrogens is 394 g/mol. The van der Waals surface area contributed by atoms with Crippen molar-refractivity contribution in [1.82, 2.24) is 4.98 Å². The monoisotopic (exact) mass is 413 g/mol. The van der Waals surface area contributed by atoms with Crippen molar-refractivity contribution in [3.05, 3.63) is 65.6 Å². The van der Waals surface area contributed by atoms with E-state index in [1.54, 1.807) is 49.6 Å². The smallest absolute Gasteiger partial charge is 0.413 e. The number of benzene rings is 2. The molecule has 7 nitrogen and oxygen atoms in total. The van der Waals surface area contributed by atoms with Crippen molar-refractivity contribution in [1.29, 1.82) is 0 Å². The molecule has 0 bridgehead atoms. The van der Waals surface area contributed by atoms with Gasteiger partial charge >= 0.3 is 6.09 Å². The number of nitrogens with zero attached hydrogens (tertiary/aromatic N) is 2. The Hall–Kier alpha value is -3.32. The fraction of sp³-hybridized carbons (Fsp3) is 0.190. The van der Waals surface area contributed by atoms with Crippen LogP contribution in [0, 0.1) is 0 Å². The van der Waals surface area contributed by atoms with Crippen LogP contribution in [-0.2, 0) is 16.0 Å². The average molecular weight is 414 g/mol. The predicted octanol–water partition coefficient (Wildman–Crippen LogP) is 4.77. The minimum absolute atomic E-state index is 0.162. The molecule has 3 aromatic rings. The summed E-state index contributed by atoms with van der Waals surface area (Å²) < 4.78 is 10.4. The highest BCUT2D eigenvalue weighted by Crippen LogP contribution is 2.23. The van der Waals surface area contributed by atoms with Gasteiger partial charge in [-0.05, 0) is 48.5 Å². The molecule has 0 atom stereocenters. The minimum atomic E-state index is -0.467. The van der Waals surface area contributed by atoms with Crippen LogP contribution in [0.1, 0.15) is 12.3 Å². The van der Waals surface area contributed by atoms with Gasteiger partial charge in [0.25, 0.3) is 0 Å². The number of aromatic nitrogens is 1. The van der Waals surface area contributed by atoms with Gasteiger partial charge in [0.2, 0.25) is 5.91 Å². The first kappa shape index (κ1) is 20.4. The number of methoxy groups -OCH3 is 1. The summed E-state index contributed by atoms with van der Waals surface area (Å²) in [5, 5.41) is 3.46. The molecule has 3 rings (SSSR count). The number of hydrogen-bond donors (Lipinski definition) is 1. The number of rotatable bonds is 6. The molecule has 1 N–H and O–H groups in total. The Kier molecular flexibility index (Phi) is 6.51. The van der Waals surface area contributed by atoms with Crippen molar-refractivity contribution in [2.24, 2.45) is 0 Å². The molecule has 0 unspecified atom stereocenters. The second-order valence-corrected chi connectivity index (χ2v) is 6.69. The van der Waals surface area contributed by atoms with Crippen molar-refractivity contribution in [3.8, 4) is 11.3 Å². The minimum Gasteiger partial charge on any atom is -0.452 e. The van der Waals surface area contributed by atoms with E-state index in [0.717, 1.165) is 5.56 Å². The number of hydrogen-bond acceptors (Lipinski definition) is 5. The summed E-state index contributed by atoms with van der Waals surface area (Å²) in [5.41, 5.74) is 2.16. The van der Waals surface area contributed by atoms with Crippen LogP contribution in [0.2, 0.25) is 5.02 Å². The maximum absolute atomic E-state index is 12.2. The first-order chi connectivity index (χ1) is 14.0. The lowest BCUT2D eigenvalue weighted by Crippen LogP contribution is -2.25. The van der Waals surface area contributed by atoms with E-state index < -0.39 is 6.09 Å². The summed E-state index contributed by atoms with van der Waals surface area (Å²) in [6.45, 7) is 0. The number of halogens is 1. The topological polar surface area (TPSA) is 84.7 Å². The lowest BCUT2D eigenvalue weighted by molar-refractivity contribution is -0.116. The number of carbonyl (C=O) groups is 2. The van der Waals surface area contributed by atoms with Crippen molar-refractivity contribution < 1.29 is 18.7 Å². The van der Waals surface area contributed by atoms with Gasteiger partial charge in [0, 0.05) is 41.9 Å². The summed E-state index contributed by atoms with van der Waals surface area (Å²) in [7, 11) is 2.92. The number of ether oxygens (including phenoxy) is 1. The number of nitrogens with one attached hydrogen (secondary N) is 1. The highest BCUT2D eigenvalue weighted by molar-refractivity contribution is 6.30. The number of oxazole rings is 1. The van der Waals surface area contributed by atoms with Gasteiger partial charge in [-0.3, -0.25) is 9.69 Å². The van der Waals surface area contributed by atoms with E-state index in [0.29, 0.717) is 34.5 Å². The Bertz CT molecular complexity index is 984. The third-order valence-electron chi connectivity index (χ3n) is 4.24. The Morgan fingerprint density at radius 3 is 2.48 bits per heavy atom. The zero-order valence-corrected chi connectivity index (χ0v) is 16.8. The zero-order chi connectivity index (χ0) is 20.8. The average Bonchev–Trinajstić information content (AvgIpc) is 3.21. The largest absolute Gasteiger partial charge is 0.452 e. The van der Waals surface area contributed by atoms with Gasteiger partial charge in [0.15, 0.2) is 11.7 Å². The summed E-state index contributed by atoms with van der Waals surface area (Å²) in [6.07, 6.45) is 1.77. The van der Waals surface area contributed by atoms with Crippen molar-refractivity contribution in [3.63, 3.8) is 0 Å². The maximum atomic E-state index is 12.2. The van der Waals surface area contributed by atoms with Crippen LogP contribution < -0.4 is 10.2 Å². The molecule has 0 fully saturated rings. The Balaban J connectivity index is 1.52. The molecule has 1 aromatic heterocycles. The molecule has 0 saturated heterocycles. The van der Waals surface area contributed by atoms with E-state index >= 15 is 0 Å². The molecule has 29 heavy (non-hydrogen) atoms. The lowest BCUT2D eigenvalue weighted by atomic mass is 10.2. The summed E-state index contributed by atoms with van der Waals surface area (Å²) in [6, 6.07) is 14.1. The van der Waals surface area contributed by atoms with Gasteiger partial charge in [-0.1, -0.05) is 11.6 Å². The van der Waals surface area contributed by atoms with Crippen LogP contribution in [-0.4, -0.2) is 31.1 Å². The molecule has 0 spiro atoms. The van der Waals surface area contributed by atoms with Crippen molar-refractivity contribution in [2.45, 2.75) is 12.8 Å². The Morgan fingerprint density at radius 2 is 1.83 bits per heavy atom. The number of amides is 2. The molecule has 0 aliphatic carbocycles. The molecule has 150 valence electrons. The second-order valence-electron chi connectivity index (χ2n) is 6.25. The van der Waals surface area contributed by atoms with Gasteiger partial charge in [0.1, 0.15) is 0 Å². The Labute approximate surface area is 173 Å². The standard InChI is InChI=1S/C21H20ClN3O4/c1-25(21(27)28-2)17-9-7-16(8-10-17)24-19(26)11-12-20-23-13-18(29-20)14-3-5-15(22)6-4-14/h3-10,13H,11-12H2,1-2H3,(H,24,26). The van der Waals surface area contributed by atoms with E-state index in [2.05, 4.69) is 15.0 Å². The van der Waals surface area contributed by atoms with Gasteiger partial charge in [0.05, 0.1) is 13.3 Å². The maximum Gasteiger partial charge on any atom is 0.413 e. The fourth-order valence-corrected chi connectivity index (χ4v) is 2.75.